The van der Waals surface area contributed by atoms with Gasteiger partial charge in [0.2, 0.25) is 11.8 Å². The first-order valence-corrected chi connectivity index (χ1v) is 10.1. The van der Waals surface area contributed by atoms with Crippen molar-refractivity contribution >= 4 is 40.6 Å². The Morgan fingerprint density at radius 3 is 2.70 bits per heavy atom. The van der Waals surface area contributed by atoms with Crippen LogP contribution in [0.25, 0.3) is 0 Å². The Morgan fingerprint density at radius 1 is 1.17 bits per heavy atom. The number of nitrogens with zero attached hydrogens (tertiary/aromatic N) is 2. The summed E-state index contributed by atoms with van der Waals surface area (Å²) in [5, 5.41) is 2.80. The summed E-state index contributed by atoms with van der Waals surface area (Å²) in [6.07, 6.45) is 2.51. The minimum atomic E-state index is -0.408. The molecule has 0 bridgehead atoms. The second-order valence-corrected chi connectivity index (χ2v) is 7.31. The zero-order valence-electron chi connectivity index (χ0n) is 16.8. The van der Waals surface area contributed by atoms with Gasteiger partial charge in [0.15, 0.2) is 0 Å². The first-order valence-electron chi connectivity index (χ1n) is 10.1. The highest BCUT2D eigenvalue weighted by Crippen LogP contribution is 2.37. The molecule has 7 nitrogen and oxygen atoms in total. The molecule has 0 saturated heterocycles. The smallest absolute Gasteiger partial charge is 0.338 e. The van der Waals surface area contributed by atoms with E-state index in [2.05, 4.69) is 5.32 Å². The molecule has 0 unspecified atom stereocenters. The number of hydrogen-bond donors (Lipinski definition) is 1. The minimum absolute atomic E-state index is 0.0796. The summed E-state index contributed by atoms with van der Waals surface area (Å²) in [6.45, 7) is 1.94. The lowest BCUT2D eigenvalue weighted by Gasteiger charge is -2.24. The number of benzene rings is 2. The Labute approximate surface area is 174 Å². The quantitative estimate of drug-likeness (QED) is 0.768. The fourth-order valence-electron chi connectivity index (χ4n) is 3.89. The topological polar surface area (TPSA) is 88.1 Å². The summed E-state index contributed by atoms with van der Waals surface area (Å²) in [4.78, 5) is 43.9. The van der Waals surface area contributed by atoms with Gasteiger partial charge in [-0.05, 0) is 62.6 Å². The van der Waals surface area contributed by atoms with Crippen LogP contribution in [0, 0.1) is 5.92 Å². The molecule has 1 N–H and O–H groups in total. The molecule has 0 aromatic heterocycles. The van der Waals surface area contributed by atoms with Crippen LogP contribution >= 0.6 is 0 Å². The van der Waals surface area contributed by atoms with Crippen molar-refractivity contribution in [3.8, 4) is 0 Å². The number of aliphatic imine (C=N–C) groups is 1. The molecule has 4 rings (SSSR count). The molecule has 1 aliphatic carbocycles. The van der Waals surface area contributed by atoms with E-state index in [1.807, 2.05) is 24.3 Å². The number of para-hydroxylation sites is 2. The molecule has 2 aromatic carbocycles. The molecule has 1 aliphatic heterocycles. The summed E-state index contributed by atoms with van der Waals surface area (Å²) in [5.41, 5.74) is 3.23. The first-order chi connectivity index (χ1) is 14.6. The van der Waals surface area contributed by atoms with Gasteiger partial charge in [-0.1, -0.05) is 12.1 Å². The van der Waals surface area contributed by atoms with E-state index < -0.39 is 5.97 Å². The molecule has 0 spiro atoms. The second kappa shape index (κ2) is 8.49. The van der Waals surface area contributed by atoms with E-state index in [0.29, 0.717) is 23.5 Å². The van der Waals surface area contributed by atoms with Gasteiger partial charge in [0.1, 0.15) is 6.54 Å². The maximum Gasteiger partial charge on any atom is 0.338 e. The summed E-state index contributed by atoms with van der Waals surface area (Å²) in [7, 11) is 0. The van der Waals surface area contributed by atoms with Crippen LogP contribution in [-0.2, 0) is 14.3 Å². The van der Waals surface area contributed by atoms with E-state index >= 15 is 0 Å². The average Bonchev–Trinajstić information content (AvgIpc) is 3.17. The molecule has 154 valence electrons. The summed E-state index contributed by atoms with van der Waals surface area (Å²) in [5.74, 6) is -1.06. The number of esters is 1. The zero-order valence-corrected chi connectivity index (χ0v) is 16.8. The van der Waals surface area contributed by atoms with Gasteiger partial charge in [0.05, 0.1) is 29.5 Å². The van der Waals surface area contributed by atoms with Gasteiger partial charge in [-0.2, -0.15) is 0 Å². The van der Waals surface area contributed by atoms with Gasteiger partial charge < -0.3 is 15.0 Å². The van der Waals surface area contributed by atoms with Crippen molar-refractivity contribution in [1.82, 2.24) is 0 Å². The highest BCUT2D eigenvalue weighted by molar-refractivity contribution is 6.16. The van der Waals surface area contributed by atoms with E-state index in [0.717, 1.165) is 30.7 Å². The Kier molecular flexibility index (Phi) is 5.61. The fourth-order valence-corrected chi connectivity index (χ4v) is 3.89. The molecule has 2 amide bonds. The molecule has 7 heteroatoms. The number of amides is 2. The molecule has 1 atom stereocenters. The van der Waals surface area contributed by atoms with E-state index in [9.17, 15) is 14.4 Å². The SMILES string of the molecule is CCOC(=O)c1ccc(NC(=O)CN2C(=O)[C@@H]3CCCC3=Nc3ccccc32)cc1. The minimum Gasteiger partial charge on any atom is -0.462 e. The van der Waals surface area contributed by atoms with Crippen LogP contribution in [0.2, 0.25) is 0 Å². The van der Waals surface area contributed by atoms with Crippen LogP contribution in [0.5, 0.6) is 0 Å². The third kappa shape index (κ3) is 3.96. The number of hydrogen-bond acceptors (Lipinski definition) is 5. The summed E-state index contributed by atoms with van der Waals surface area (Å²) >= 11 is 0. The van der Waals surface area contributed by atoms with Crippen molar-refractivity contribution in [2.45, 2.75) is 26.2 Å². The fraction of sp³-hybridized carbons (Fsp3) is 0.304. The normalized spacial score (nSPS) is 17.5. The molecule has 2 aromatic rings. The van der Waals surface area contributed by atoms with E-state index in [1.54, 1.807) is 31.2 Å². The number of carbonyl (C=O) groups excluding carboxylic acids is 3. The van der Waals surface area contributed by atoms with Crippen LogP contribution in [0.15, 0.2) is 53.5 Å². The predicted molar refractivity (Wildman–Crippen MR) is 114 cm³/mol. The third-order valence-corrected chi connectivity index (χ3v) is 5.31. The van der Waals surface area contributed by atoms with E-state index in [4.69, 9.17) is 9.73 Å². The predicted octanol–water partition coefficient (Wildman–Crippen LogP) is 3.72. The first kappa shape index (κ1) is 19.8. The third-order valence-electron chi connectivity index (χ3n) is 5.31. The van der Waals surface area contributed by atoms with Gasteiger partial charge in [-0.15, -0.1) is 0 Å². The molecule has 2 aliphatic rings. The van der Waals surface area contributed by atoms with Gasteiger partial charge in [-0.3, -0.25) is 14.6 Å². The number of fused-ring (bicyclic) bond motifs is 2. The van der Waals surface area contributed by atoms with Crippen molar-refractivity contribution in [2.24, 2.45) is 10.9 Å². The van der Waals surface area contributed by atoms with Crippen LogP contribution in [-0.4, -0.2) is 36.6 Å². The second-order valence-electron chi connectivity index (χ2n) is 7.31. The Bertz CT molecular complexity index is 1010. The maximum absolute atomic E-state index is 13.2. The van der Waals surface area contributed by atoms with Crippen LogP contribution in [0.3, 0.4) is 0 Å². The number of carbonyl (C=O) groups is 3. The highest BCUT2D eigenvalue weighted by Gasteiger charge is 2.37. The van der Waals surface area contributed by atoms with Crippen molar-refractivity contribution < 1.29 is 19.1 Å². The lowest BCUT2D eigenvalue weighted by Crippen LogP contribution is -2.41. The summed E-state index contributed by atoms with van der Waals surface area (Å²) in [6, 6.07) is 13.9. The summed E-state index contributed by atoms with van der Waals surface area (Å²) < 4.78 is 4.96. The van der Waals surface area contributed by atoms with Gasteiger partial charge in [0, 0.05) is 11.4 Å². The average molecular weight is 405 g/mol. The van der Waals surface area contributed by atoms with Crippen LogP contribution < -0.4 is 10.2 Å². The molecule has 1 heterocycles. The Balaban J connectivity index is 1.50. The number of nitrogens with one attached hydrogen (secondary N) is 1. The van der Waals surface area contributed by atoms with Gasteiger partial charge in [0.25, 0.3) is 0 Å². The van der Waals surface area contributed by atoms with E-state index in [-0.39, 0.29) is 24.3 Å². The zero-order chi connectivity index (χ0) is 21.1. The molecule has 1 fully saturated rings. The lowest BCUT2D eigenvalue weighted by atomic mass is 10.1. The Hall–Kier alpha value is -3.48. The lowest BCUT2D eigenvalue weighted by molar-refractivity contribution is -0.122. The highest BCUT2D eigenvalue weighted by atomic mass is 16.5. The van der Waals surface area contributed by atoms with Gasteiger partial charge >= 0.3 is 5.97 Å². The standard InChI is InChI=1S/C23H23N3O4/c1-2-30-23(29)15-10-12-16(13-11-15)24-21(27)14-26-20-9-4-3-7-19(20)25-18-8-5-6-17(18)22(26)28/h3-4,7,9-13,17H,2,5-6,8,14H2,1H3,(H,24,27)/t17-/m1/s1. The number of rotatable bonds is 5. The molecular weight excluding hydrogens is 382 g/mol. The van der Waals surface area contributed by atoms with Crippen molar-refractivity contribution in [2.75, 3.05) is 23.4 Å². The molecule has 30 heavy (non-hydrogen) atoms. The molecular formula is C23H23N3O4. The largest absolute Gasteiger partial charge is 0.462 e. The molecule has 1 saturated carbocycles. The van der Waals surface area contributed by atoms with E-state index in [1.165, 1.54) is 4.90 Å². The Morgan fingerprint density at radius 2 is 1.93 bits per heavy atom. The van der Waals surface area contributed by atoms with Crippen LogP contribution in [0.1, 0.15) is 36.5 Å². The van der Waals surface area contributed by atoms with Gasteiger partial charge in [-0.25, -0.2) is 4.79 Å². The molecule has 0 radical (unpaired) electrons. The monoisotopic (exact) mass is 405 g/mol. The maximum atomic E-state index is 13.2. The number of anilines is 2. The van der Waals surface area contributed by atoms with Crippen molar-refractivity contribution in [3.63, 3.8) is 0 Å². The van der Waals surface area contributed by atoms with Crippen LogP contribution in [0.4, 0.5) is 17.1 Å². The van der Waals surface area contributed by atoms with Crippen molar-refractivity contribution in [3.05, 3.63) is 54.1 Å². The van der Waals surface area contributed by atoms with Crippen molar-refractivity contribution in [1.29, 1.82) is 0 Å². The number of ether oxygens (including phenoxy) is 1.